The van der Waals surface area contributed by atoms with E-state index < -0.39 is 11.0 Å². The smallest absolute Gasteiger partial charge is 0.365 e. The highest BCUT2D eigenvalue weighted by Crippen LogP contribution is 2.23. The van der Waals surface area contributed by atoms with Gasteiger partial charge in [-0.2, -0.15) is 0 Å². The average molecular weight is 235 g/mol. The van der Waals surface area contributed by atoms with Gasteiger partial charge >= 0.3 is 5.97 Å². The molecule has 0 aliphatic carbocycles. The summed E-state index contributed by atoms with van der Waals surface area (Å²) in [5.41, 5.74) is 0. The lowest BCUT2D eigenvalue weighted by Gasteiger charge is -2.20. The predicted molar refractivity (Wildman–Crippen MR) is 54.0 cm³/mol. The molecule has 76 valence electrons. The molecule has 14 heavy (non-hydrogen) atoms. The Hall–Kier alpha value is -0.930. The van der Waals surface area contributed by atoms with E-state index in [0.29, 0.717) is 5.75 Å². The standard InChI is InChI=1S/C9H8Cl2O3/c10-6-9(11,8(12)13)14-7-4-2-1-3-5-7/h1-5H,6H2,(H,12,13). The molecule has 0 aromatic heterocycles. The molecular weight excluding hydrogens is 227 g/mol. The molecule has 1 aromatic rings. The molecule has 5 heteroatoms. The molecule has 0 aliphatic heterocycles. The van der Waals surface area contributed by atoms with Crippen LogP contribution in [-0.2, 0) is 4.79 Å². The first-order valence-electron chi connectivity index (χ1n) is 3.81. The number of hydrogen-bond donors (Lipinski definition) is 1. The van der Waals surface area contributed by atoms with E-state index in [9.17, 15) is 4.79 Å². The van der Waals surface area contributed by atoms with Crippen LogP contribution in [0.4, 0.5) is 0 Å². The highest BCUT2D eigenvalue weighted by atomic mass is 35.5. The fourth-order valence-corrected chi connectivity index (χ4v) is 1.06. The number of carbonyl (C=O) groups is 1. The predicted octanol–water partition coefficient (Wildman–Crippen LogP) is 2.32. The second-order valence-corrected chi connectivity index (χ2v) is 3.46. The van der Waals surface area contributed by atoms with Gasteiger partial charge in [-0.3, -0.25) is 0 Å². The second-order valence-electron chi connectivity index (χ2n) is 2.58. The maximum absolute atomic E-state index is 10.7. The third-order valence-corrected chi connectivity index (χ3v) is 2.40. The lowest BCUT2D eigenvalue weighted by atomic mass is 10.3. The van der Waals surface area contributed by atoms with E-state index in [1.165, 1.54) is 0 Å². The van der Waals surface area contributed by atoms with E-state index in [0.717, 1.165) is 0 Å². The molecule has 0 saturated carbocycles. The molecule has 1 aromatic carbocycles. The molecule has 0 fully saturated rings. The van der Waals surface area contributed by atoms with Crippen molar-refractivity contribution in [2.24, 2.45) is 0 Å². The summed E-state index contributed by atoms with van der Waals surface area (Å²) in [6.45, 7) is 0. The minimum absolute atomic E-state index is 0.335. The van der Waals surface area contributed by atoms with Crippen molar-refractivity contribution in [1.29, 1.82) is 0 Å². The van der Waals surface area contributed by atoms with Gasteiger partial charge in [-0.15, -0.1) is 11.6 Å². The summed E-state index contributed by atoms with van der Waals surface area (Å²) in [5, 5.41) is 6.85. The quantitative estimate of drug-likeness (QED) is 0.814. The number of ether oxygens (including phenoxy) is 1. The van der Waals surface area contributed by atoms with E-state index in [1.807, 2.05) is 0 Å². The maximum atomic E-state index is 10.7. The van der Waals surface area contributed by atoms with Gasteiger partial charge in [-0.05, 0) is 12.1 Å². The molecule has 3 nitrogen and oxygen atoms in total. The molecule has 0 aliphatic rings. The Bertz CT molecular complexity index is 315. The molecule has 0 saturated heterocycles. The number of hydrogen-bond acceptors (Lipinski definition) is 2. The van der Waals surface area contributed by atoms with E-state index >= 15 is 0 Å². The van der Waals surface area contributed by atoms with Gasteiger partial charge in [0.15, 0.2) is 0 Å². The molecule has 0 heterocycles. The summed E-state index contributed by atoms with van der Waals surface area (Å²) >= 11 is 11.1. The summed E-state index contributed by atoms with van der Waals surface area (Å²) in [4.78, 5) is 10.7. The molecule has 1 N–H and O–H groups in total. The van der Waals surface area contributed by atoms with Crippen LogP contribution in [0.25, 0.3) is 0 Å². The van der Waals surface area contributed by atoms with Crippen LogP contribution in [0.5, 0.6) is 5.75 Å². The summed E-state index contributed by atoms with van der Waals surface area (Å²) in [6.07, 6.45) is 0. The number of carboxylic acids is 1. The van der Waals surface area contributed by atoms with Crippen LogP contribution in [-0.4, -0.2) is 22.0 Å². The Balaban J connectivity index is 2.81. The fourth-order valence-electron chi connectivity index (χ4n) is 0.803. The number of aliphatic carboxylic acids is 1. The normalized spacial score (nSPS) is 14.4. The molecule has 0 spiro atoms. The lowest BCUT2D eigenvalue weighted by Crippen LogP contribution is -2.40. The minimum Gasteiger partial charge on any atom is -0.477 e. The van der Waals surface area contributed by atoms with Crippen LogP contribution in [0.3, 0.4) is 0 Å². The van der Waals surface area contributed by atoms with Crippen LogP contribution in [0.15, 0.2) is 30.3 Å². The van der Waals surface area contributed by atoms with Crippen molar-refractivity contribution < 1.29 is 14.6 Å². The van der Waals surface area contributed by atoms with Crippen molar-refractivity contribution in [3.63, 3.8) is 0 Å². The van der Waals surface area contributed by atoms with Gasteiger partial charge in [-0.25, -0.2) is 4.79 Å². The van der Waals surface area contributed by atoms with Gasteiger partial charge in [0.1, 0.15) is 5.75 Å². The van der Waals surface area contributed by atoms with E-state index in [1.54, 1.807) is 30.3 Å². The zero-order valence-corrected chi connectivity index (χ0v) is 8.63. The first-order chi connectivity index (χ1) is 6.58. The topological polar surface area (TPSA) is 46.5 Å². The first kappa shape index (κ1) is 11.1. The van der Waals surface area contributed by atoms with Gasteiger partial charge in [0.2, 0.25) is 0 Å². The zero-order chi connectivity index (χ0) is 10.6. The van der Waals surface area contributed by atoms with E-state index in [-0.39, 0.29) is 5.88 Å². The largest absolute Gasteiger partial charge is 0.477 e. The highest BCUT2D eigenvalue weighted by molar-refractivity contribution is 6.37. The molecule has 0 amide bonds. The van der Waals surface area contributed by atoms with Gasteiger partial charge in [0, 0.05) is 0 Å². The number of halogens is 2. The van der Waals surface area contributed by atoms with Crippen molar-refractivity contribution in [2.45, 2.75) is 5.06 Å². The number of rotatable bonds is 4. The summed E-state index contributed by atoms with van der Waals surface area (Å²) in [6, 6.07) is 8.41. The average Bonchev–Trinajstić information content (AvgIpc) is 2.19. The van der Waals surface area contributed by atoms with E-state index in [2.05, 4.69) is 0 Å². The summed E-state index contributed by atoms with van der Waals surface area (Å²) in [5.74, 6) is -1.28. The Morgan fingerprint density at radius 3 is 2.43 bits per heavy atom. The number of para-hydroxylation sites is 1. The second kappa shape index (κ2) is 4.53. The Kier molecular flexibility index (Phi) is 3.61. The molecule has 0 radical (unpaired) electrons. The Labute approximate surface area is 91.2 Å². The fraction of sp³-hybridized carbons (Fsp3) is 0.222. The molecule has 1 atom stereocenters. The number of carboxylic acid groups (broad SMARTS) is 1. The first-order valence-corrected chi connectivity index (χ1v) is 4.72. The Morgan fingerprint density at radius 2 is 2.00 bits per heavy atom. The molecule has 1 unspecified atom stereocenters. The van der Waals surface area contributed by atoms with Crippen LogP contribution < -0.4 is 4.74 Å². The molecule has 0 bridgehead atoms. The summed E-state index contributed by atoms with van der Waals surface area (Å²) < 4.78 is 5.05. The van der Waals surface area contributed by atoms with Crippen molar-refractivity contribution in [2.75, 3.05) is 5.88 Å². The summed E-state index contributed by atoms with van der Waals surface area (Å²) in [7, 11) is 0. The van der Waals surface area contributed by atoms with Crippen LogP contribution in [0.2, 0.25) is 0 Å². The van der Waals surface area contributed by atoms with Gasteiger partial charge in [0.05, 0.1) is 5.88 Å². The number of alkyl halides is 2. The maximum Gasteiger partial charge on any atom is 0.365 e. The van der Waals surface area contributed by atoms with Crippen LogP contribution in [0, 0.1) is 0 Å². The number of benzene rings is 1. The van der Waals surface area contributed by atoms with Crippen LogP contribution >= 0.6 is 23.2 Å². The molecule has 1 rings (SSSR count). The van der Waals surface area contributed by atoms with Crippen molar-refractivity contribution in [3.8, 4) is 5.75 Å². The monoisotopic (exact) mass is 234 g/mol. The van der Waals surface area contributed by atoms with Gasteiger partial charge in [-0.1, -0.05) is 29.8 Å². The Morgan fingerprint density at radius 1 is 1.43 bits per heavy atom. The minimum atomic E-state index is -1.90. The van der Waals surface area contributed by atoms with Crippen molar-refractivity contribution >= 4 is 29.2 Å². The lowest BCUT2D eigenvalue weighted by molar-refractivity contribution is -0.146. The van der Waals surface area contributed by atoms with Crippen molar-refractivity contribution in [1.82, 2.24) is 0 Å². The van der Waals surface area contributed by atoms with Crippen LogP contribution in [0.1, 0.15) is 0 Å². The third-order valence-electron chi connectivity index (χ3n) is 1.51. The third kappa shape index (κ3) is 2.53. The van der Waals surface area contributed by atoms with Crippen molar-refractivity contribution in [3.05, 3.63) is 30.3 Å². The van der Waals surface area contributed by atoms with Gasteiger partial charge < -0.3 is 9.84 Å². The zero-order valence-electron chi connectivity index (χ0n) is 7.11. The highest BCUT2D eigenvalue weighted by Gasteiger charge is 2.38. The van der Waals surface area contributed by atoms with E-state index in [4.69, 9.17) is 33.0 Å². The molecular formula is C9H8Cl2O3. The van der Waals surface area contributed by atoms with Gasteiger partial charge in [0.25, 0.3) is 5.06 Å². The SMILES string of the molecule is O=C(O)C(Cl)(CCl)Oc1ccccc1.